The number of amides is 5. The molecule has 0 radical (unpaired) electrons. The van der Waals surface area contributed by atoms with Crippen molar-refractivity contribution in [2.45, 2.75) is 45.6 Å². The minimum absolute atomic E-state index is 0.0335. The Bertz CT molecular complexity index is 2680. The van der Waals surface area contributed by atoms with Gasteiger partial charge in [-0.1, -0.05) is 18.2 Å². The first-order valence-corrected chi connectivity index (χ1v) is 24.3. The van der Waals surface area contributed by atoms with E-state index >= 15 is 0 Å². The smallest absolute Gasteiger partial charge is 0.407 e. The molecular weight excluding hydrogens is 955 g/mol. The van der Waals surface area contributed by atoms with E-state index in [0.717, 1.165) is 16.6 Å². The molecule has 21 heteroatoms. The zero-order chi connectivity index (χ0) is 53.1. The molecule has 21 nitrogen and oxygen atoms in total. The number of nitrogens with zero attached hydrogens (tertiary/aromatic N) is 4. The summed E-state index contributed by atoms with van der Waals surface area (Å²) in [5.41, 5.74) is 9.55. The zero-order valence-corrected chi connectivity index (χ0v) is 42.4. The molecule has 1 aromatic heterocycles. The van der Waals surface area contributed by atoms with Gasteiger partial charge in [-0.15, -0.1) is 5.11 Å². The molecule has 0 fully saturated rings. The number of aromatic hydroxyl groups is 1. The Morgan fingerprint density at radius 3 is 1.93 bits per heavy atom. The fourth-order valence-electron chi connectivity index (χ4n) is 6.71. The van der Waals surface area contributed by atoms with Crippen molar-refractivity contribution in [3.8, 4) is 5.75 Å². The predicted molar refractivity (Wildman–Crippen MR) is 278 cm³/mol. The third-order valence-corrected chi connectivity index (χ3v) is 10.5. The second-order valence-corrected chi connectivity index (χ2v) is 17.5. The Hall–Kier alpha value is -7.56. The highest BCUT2D eigenvalue weighted by molar-refractivity contribution is 6.06. The van der Waals surface area contributed by atoms with E-state index < -0.39 is 23.5 Å². The average molecular weight is 1020 g/mol. The topological polar surface area (TPSA) is 278 Å². The standard InChI is InChI=1S/C53H67N9O12/c1-53(2,3)74-52(68)57-23-20-38-11-18-46(63)44(34-38)61-60-42-15-13-39(14-16-42)49(66)56-22-7-25-70-27-29-72-31-33-73-32-30-71-28-26-69-24-6-21-55-47(64)19-12-37-10-17-43-45(35-37)62(4)51(58-43)59-50(67)41-9-5-8-40(36-41)48(54)65/h5,8-19,34-36,63H,6-7,20-33H2,1-4H3,(H2,54,65)(H,55,64)(H,56,66)(H,57,68)(H,58,59,67)/b19-12+,61-60?. The normalized spacial score (nSPS) is 11.6. The van der Waals surface area contributed by atoms with Gasteiger partial charge in [0.1, 0.15) is 17.0 Å². The molecule has 7 N–H and O–H groups in total. The number of nitrogens with two attached hydrogens (primary N) is 1. The van der Waals surface area contributed by atoms with Crippen LogP contribution in [0.3, 0.4) is 0 Å². The van der Waals surface area contributed by atoms with Gasteiger partial charge in [0.15, 0.2) is 0 Å². The number of aromatic nitrogens is 2. The molecule has 5 rings (SSSR count). The summed E-state index contributed by atoms with van der Waals surface area (Å²) >= 11 is 0. The minimum atomic E-state index is -0.625. The van der Waals surface area contributed by atoms with Gasteiger partial charge in [-0.25, -0.2) is 9.78 Å². The lowest BCUT2D eigenvalue weighted by molar-refractivity contribution is -0.116. The lowest BCUT2D eigenvalue weighted by atomic mass is 10.1. The maximum absolute atomic E-state index is 12.8. The monoisotopic (exact) mass is 1020 g/mol. The largest absolute Gasteiger partial charge is 0.506 e. The number of hydrogen-bond donors (Lipinski definition) is 6. The van der Waals surface area contributed by atoms with Crippen molar-refractivity contribution in [1.82, 2.24) is 25.5 Å². The van der Waals surface area contributed by atoms with Crippen LogP contribution in [0.1, 0.15) is 75.8 Å². The lowest BCUT2D eigenvalue weighted by Gasteiger charge is -2.19. The molecule has 0 aliphatic rings. The highest BCUT2D eigenvalue weighted by Crippen LogP contribution is 2.29. The maximum Gasteiger partial charge on any atom is 0.407 e. The maximum atomic E-state index is 12.8. The Labute approximate surface area is 430 Å². The Morgan fingerprint density at radius 2 is 1.30 bits per heavy atom. The summed E-state index contributed by atoms with van der Waals surface area (Å²) in [6.07, 6.45) is 4.43. The summed E-state index contributed by atoms with van der Waals surface area (Å²) < 4.78 is 34.8. The molecule has 0 bridgehead atoms. The first kappa shape index (κ1) is 57.3. The number of phenolic OH excluding ortho intramolecular Hbond substituents is 1. The third-order valence-electron chi connectivity index (χ3n) is 10.5. The molecule has 1 heterocycles. The number of nitrogens with one attached hydrogen (secondary N) is 4. The SMILES string of the molecule is Cn1c(NC(=O)c2cccc(C(N)=O)c2)nc2ccc(/C=C/C(=O)NCCCOCCOCCOCCOCCOCCCNC(=O)c3ccc(N=Nc4cc(CCNC(=O)OC(C)(C)C)ccc4O)cc3)cc21. The summed E-state index contributed by atoms with van der Waals surface area (Å²) in [5, 5.41) is 29.8. The van der Waals surface area contributed by atoms with Crippen LogP contribution < -0.4 is 27.0 Å². The van der Waals surface area contributed by atoms with Crippen LogP contribution >= 0.6 is 0 Å². The summed E-state index contributed by atoms with van der Waals surface area (Å²) in [6, 6.07) is 23.2. The number of carbonyl (C=O) groups excluding carboxylic acids is 5. The summed E-state index contributed by atoms with van der Waals surface area (Å²) in [4.78, 5) is 65.7. The van der Waals surface area contributed by atoms with E-state index in [1.807, 2.05) is 12.1 Å². The predicted octanol–water partition coefficient (Wildman–Crippen LogP) is 6.54. The summed E-state index contributed by atoms with van der Waals surface area (Å²) in [7, 11) is 1.77. The van der Waals surface area contributed by atoms with Crippen molar-refractivity contribution >= 4 is 64.2 Å². The number of primary amides is 1. The summed E-state index contributed by atoms with van der Waals surface area (Å²) in [5.74, 6) is -1.23. The molecule has 0 aliphatic carbocycles. The first-order valence-electron chi connectivity index (χ1n) is 24.3. The van der Waals surface area contributed by atoms with Crippen molar-refractivity contribution in [3.05, 3.63) is 119 Å². The highest BCUT2D eigenvalue weighted by Gasteiger charge is 2.17. The Morgan fingerprint density at radius 1 is 0.676 bits per heavy atom. The number of azo groups is 1. The van der Waals surface area contributed by atoms with Gasteiger partial charge in [0.2, 0.25) is 17.8 Å². The number of carbonyl (C=O) groups is 5. The van der Waals surface area contributed by atoms with Crippen LogP contribution in [0.5, 0.6) is 5.75 Å². The van der Waals surface area contributed by atoms with Crippen LogP contribution in [0.15, 0.2) is 101 Å². The van der Waals surface area contributed by atoms with E-state index in [1.54, 1.807) is 93.1 Å². The van der Waals surface area contributed by atoms with Gasteiger partial charge < -0.3 is 59.8 Å². The van der Waals surface area contributed by atoms with Crippen LogP contribution in [-0.2, 0) is 46.7 Å². The van der Waals surface area contributed by atoms with E-state index in [4.69, 9.17) is 34.2 Å². The summed E-state index contributed by atoms with van der Waals surface area (Å²) in [6.45, 7) is 10.9. The molecule has 396 valence electrons. The molecular formula is C53H67N9O12. The van der Waals surface area contributed by atoms with Gasteiger partial charge >= 0.3 is 6.09 Å². The highest BCUT2D eigenvalue weighted by atomic mass is 16.6. The van der Waals surface area contributed by atoms with Gasteiger partial charge in [0.05, 0.1) is 69.6 Å². The van der Waals surface area contributed by atoms with Crippen LogP contribution in [0, 0.1) is 0 Å². The lowest BCUT2D eigenvalue weighted by Crippen LogP contribution is -2.33. The Kier molecular flexibility index (Phi) is 23.6. The van der Waals surface area contributed by atoms with Gasteiger partial charge in [-0.2, -0.15) is 5.11 Å². The van der Waals surface area contributed by atoms with E-state index in [9.17, 15) is 29.1 Å². The molecule has 0 saturated carbocycles. The number of fused-ring (bicyclic) bond motifs is 1. The van der Waals surface area contributed by atoms with Gasteiger partial charge in [0.25, 0.3) is 11.8 Å². The van der Waals surface area contributed by atoms with Crippen molar-refractivity contribution < 1.29 is 57.5 Å². The second kappa shape index (κ2) is 30.5. The number of anilines is 1. The van der Waals surface area contributed by atoms with Crippen LogP contribution in [-0.4, -0.2) is 136 Å². The molecule has 5 aromatic rings. The third kappa shape index (κ3) is 20.9. The quantitative estimate of drug-likeness (QED) is 0.0157. The molecule has 4 aromatic carbocycles. The second-order valence-electron chi connectivity index (χ2n) is 17.5. The average Bonchev–Trinajstić information content (AvgIpc) is 3.68. The molecule has 0 saturated heterocycles. The molecule has 5 amide bonds. The molecule has 0 atom stereocenters. The number of imidazole rings is 1. The van der Waals surface area contributed by atoms with E-state index in [0.29, 0.717) is 128 Å². The van der Waals surface area contributed by atoms with Crippen molar-refractivity contribution in [1.29, 1.82) is 0 Å². The van der Waals surface area contributed by atoms with Crippen molar-refractivity contribution in [2.75, 3.05) is 91.0 Å². The van der Waals surface area contributed by atoms with E-state index in [1.165, 1.54) is 24.3 Å². The zero-order valence-electron chi connectivity index (χ0n) is 42.4. The number of alkyl carbamates (subject to hydrolysis) is 1. The first-order chi connectivity index (χ1) is 35.6. The molecule has 0 aliphatic heterocycles. The van der Waals surface area contributed by atoms with Crippen molar-refractivity contribution in [3.63, 3.8) is 0 Å². The fourth-order valence-corrected chi connectivity index (χ4v) is 6.71. The number of aryl methyl sites for hydroxylation is 1. The number of phenols is 1. The Balaban J connectivity index is 0.798. The number of rotatable bonds is 31. The molecule has 0 unspecified atom stereocenters. The van der Waals surface area contributed by atoms with Crippen LogP contribution in [0.25, 0.3) is 17.1 Å². The number of ether oxygens (including phenoxy) is 6. The number of hydrogen-bond acceptors (Lipinski definition) is 15. The van der Waals surface area contributed by atoms with Crippen LogP contribution in [0.2, 0.25) is 0 Å². The van der Waals surface area contributed by atoms with Gasteiger partial charge in [-0.05, 0) is 124 Å². The molecule has 0 spiro atoms. The van der Waals surface area contributed by atoms with E-state index in [-0.39, 0.29) is 34.4 Å². The van der Waals surface area contributed by atoms with Gasteiger partial charge in [-0.3, -0.25) is 24.5 Å². The fraction of sp³-hybridized carbons (Fsp3) is 0.396. The van der Waals surface area contributed by atoms with Crippen molar-refractivity contribution in [2.24, 2.45) is 23.0 Å². The molecule has 74 heavy (non-hydrogen) atoms. The van der Waals surface area contributed by atoms with Gasteiger partial charge in [0, 0.05) is 62.7 Å². The number of benzene rings is 4. The minimum Gasteiger partial charge on any atom is -0.506 e. The van der Waals surface area contributed by atoms with E-state index in [2.05, 4.69) is 36.5 Å². The van der Waals surface area contributed by atoms with Crippen LogP contribution in [0.4, 0.5) is 22.1 Å².